The number of amides is 1. The fraction of sp³-hybridized carbons (Fsp3) is 0.385. The molecule has 1 rings (SSSR count). The molecule has 0 bridgehead atoms. The van der Waals surface area contributed by atoms with Crippen molar-refractivity contribution in [1.82, 2.24) is 0 Å². The Bertz CT molecular complexity index is 426. The summed E-state index contributed by atoms with van der Waals surface area (Å²) in [5.41, 5.74) is 0.416. The number of anilines is 1. The van der Waals surface area contributed by atoms with E-state index in [1.807, 2.05) is 0 Å². The molecule has 0 saturated heterocycles. The first-order chi connectivity index (χ1) is 9.06. The predicted molar refractivity (Wildman–Crippen MR) is 72.8 cm³/mol. The molecule has 0 unspecified atom stereocenters. The monoisotopic (exact) mass is 333 g/mol. The quantitative estimate of drug-likeness (QED) is 0.719. The van der Waals surface area contributed by atoms with Gasteiger partial charge in [0.1, 0.15) is 5.78 Å². The third-order valence-corrected chi connectivity index (χ3v) is 3.13. The minimum absolute atomic E-state index is 0.0162. The van der Waals surface area contributed by atoms with Gasteiger partial charge in [-0.2, -0.15) is 8.78 Å². The molecule has 104 valence electrons. The van der Waals surface area contributed by atoms with Crippen LogP contribution >= 0.6 is 15.9 Å². The lowest BCUT2D eigenvalue weighted by Crippen LogP contribution is -2.36. The van der Waals surface area contributed by atoms with Crippen LogP contribution in [-0.2, 0) is 9.59 Å². The number of Topliss-reactive ketones (excluding diaryl/α,β-unsaturated/α-hetero) is 1. The smallest absolute Gasteiger partial charge is 0.307 e. The van der Waals surface area contributed by atoms with Crippen LogP contribution in [0.3, 0.4) is 0 Å². The number of carbonyl (C=O) groups excluding carboxylic acids is 2. The van der Waals surface area contributed by atoms with Crippen molar-refractivity contribution < 1.29 is 18.4 Å². The molecule has 0 fully saturated rings. The molecule has 1 aromatic carbocycles. The van der Waals surface area contributed by atoms with Gasteiger partial charge >= 0.3 is 6.43 Å². The Labute approximate surface area is 118 Å². The molecule has 0 atom stereocenters. The maximum absolute atomic E-state index is 12.6. The number of rotatable bonds is 7. The highest BCUT2D eigenvalue weighted by molar-refractivity contribution is 9.09. The first-order valence-electron chi connectivity index (χ1n) is 5.78. The second-order valence-corrected chi connectivity index (χ2v) is 4.46. The number of para-hydroxylation sites is 1. The summed E-state index contributed by atoms with van der Waals surface area (Å²) < 4.78 is 25.1. The second-order valence-electron chi connectivity index (χ2n) is 3.90. The third-order valence-electron chi connectivity index (χ3n) is 2.51. The predicted octanol–water partition coefficient (Wildman–Crippen LogP) is 3.03. The van der Waals surface area contributed by atoms with E-state index in [4.69, 9.17) is 0 Å². The van der Waals surface area contributed by atoms with Gasteiger partial charge in [-0.25, -0.2) is 0 Å². The van der Waals surface area contributed by atoms with Crippen LogP contribution in [0.25, 0.3) is 0 Å². The van der Waals surface area contributed by atoms with E-state index in [9.17, 15) is 18.4 Å². The molecule has 6 heteroatoms. The SMILES string of the molecule is O=C(CBr)CCCN(C(=O)C(F)F)c1ccccc1. The maximum Gasteiger partial charge on any atom is 0.316 e. The van der Waals surface area contributed by atoms with Crippen molar-refractivity contribution in [2.45, 2.75) is 19.3 Å². The van der Waals surface area contributed by atoms with Crippen LogP contribution in [0.2, 0.25) is 0 Å². The molecule has 0 aliphatic carbocycles. The van der Waals surface area contributed by atoms with Crippen LogP contribution in [0.1, 0.15) is 12.8 Å². The Balaban J connectivity index is 2.71. The van der Waals surface area contributed by atoms with Gasteiger partial charge in [-0.1, -0.05) is 34.1 Å². The van der Waals surface area contributed by atoms with E-state index >= 15 is 0 Å². The Kier molecular flexibility index (Phi) is 6.62. The van der Waals surface area contributed by atoms with E-state index in [1.165, 1.54) is 0 Å². The average Bonchev–Trinajstić information content (AvgIpc) is 2.43. The van der Waals surface area contributed by atoms with Crippen molar-refractivity contribution >= 4 is 33.3 Å². The van der Waals surface area contributed by atoms with Crippen LogP contribution in [0.4, 0.5) is 14.5 Å². The van der Waals surface area contributed by atoms with Crippen molar-refractivity contribution in [3.05, 3.63) is 30.3 Å². The summed E-state index contributed by atoms with van der Waals surface area (Å²) in [4.78, 5) is 23.6. The summed E-state index contributed by atoms with van der Waals surface area (Å²) in [6.45, 7) is 0.103. The van der Waals surface area contributed by atoms with Crippen molar-refractivity contribution in [2.24, 2.45) is 0 Å². The normalized spacial score (nSPS) is 10.5. The number of nitrogens with zero attached hydrogens (tertiary/aromatic N) is 1. The molecule has 0 N–H and O–H groups in total. The molecule has 1 aromatic rings. The summed E-state index contributed by atoms with van der Waals surface area (Å²) in [5, 5.41) is 0.237. The summed E-state index contributed by atoms with van der Waals surface area (Å²) in [6.07, 6.45) is -2.44. The average molecular weight is 334 g/mol. The van der Waals surface area contributed by atoms with E-state index in [0.29, 0.717) is 12.1 Å². The minimum Gasteiger partial charge on any atom is -0.307 e. The van der Waals surface area contributed by atoms with Gasteiger partial charge in [0.2, 0.25) is 0 Å². The second kappa shape index (κ2) is 7.99. The lowest BCUT2D eigenvalue weighted by atomic mass is 10.2. The van der Waals surface area contributed by atoms with Gasteiger partial charge in [0.15, 0.2) is 0 Å². The fourth-order valence-electron chi connectivity index (χ4n) is 1.59. The van der Waals surface area contributed by atoms with Crippen LogP contribution < -0.4 is 4.90 Å². The number of carbonyl (C=O) groups is 2. The molecule has 0 aromatic heterocycles. The molecule has 1 amide bonds. The Morgan fingerprint density at radius 2 is 1.84 bits per heavy atom. The summed E-state index contributed by atoms with van der Waals surface area (Å²) in [5.74, 6) is -1.25. The van der Waals surface area contributed by atoms with Crippen molar-refractivity contribution in [3.8, 4) is 0 Å². The molecule has 0 spiro atoms. The van der Waals surface area contributed by atoms with Crippen molar-refractivity contribution in [3.63, 3.8) is 0 Å². The Morgan fingerprint density at radius 3 is 2.37 bits per heavy atom. The first kappa shape index (κ1) is 15.8. The molecular formula is C13H14BrF2NO2. The number of hydrogen-bond acceptors (Lipinski definition) is 2. The standard InChI is InChI=1S/C13H14BrF2NO2/c14-9-11(18)7-4-8-17(13(19)12(15)16)10-5-2-1-3-6-10/h1-3,5-6,12H,4,7-9H2. The molecule has 0 saturated carbocycles. The zero-order valence-corrected chi connectivity index (χ0v) is 11.8. The number of hydrogen-bond donors (Lipinski definition) is 0. The van der Waals surface area contributed by atoms with E-state index in [1.54, 1.807) is 30.3 Å². The van der Waals surface area contributed by atoms with Crippen molar-refractivity contribution in [2.75, 3.05) is 16.8 Å². The Morgan fingerprint density at radius 1 is 1.21 bits per heavy atom. The summed E-state index contributed by atoms with van der Waals surface area (Å²) in [7, 11) is 0. The third kappa shape index (κ3) is 5.06. The van der Waals surface area contributed by atoms with E-state index in [0.717, 1.165) is 4.90 Å². The zero-order chi connectivity index (χ0) is 14.3. The largest absolute Gasteiger partial charge is 0.316 e. The molecule has 0 aliphatic heterocycles. The highest BCUT2D eigenvalue weighted by atomic mass is 79.9. The topological polar surface area (TPSA) is 37.4 Å². The first-order valence-corrected chi connectivity index (χ1v) is 6.90. The highest BCUT2D eigenvalue weighted by Crippen LogP contribution is 2.17. The number of ketones is 1. The number of halogens is 3. The summed E-state index contributed by atoms with van der Waals surface area (Å²) >= 11 is 3.03. The van der Waals surface area contributed by atoms with E-state index < -0.39 is 12.3 Å². The van der Waals surface area contributed by atoms with Gasteiger partial charge < -0.3 is 4.90 Å². The number of alkyl halides is 3. The lowest BCUT2D eigenvalue weighted by Gasteiger charge is -2.22. The van der Waals surface area contributed by atoms with Crippen LogP contribution in [0.15, 0.2) is 30.3 Å². The van der Waals surface area contributed by atoms with E-state index in [2.05, 4.69) is 15.9 Å². The van der Waals surface area contributed by atoms with Crippen LogP contribution in [0, 0.1) is 0 Å². The van der Waals surface area contributed by atoms with Gasteiger partial charge in [0, 0.05) is 18.7 Å². The zero-order valence-electron chi connectivity index (χ0n) is 10.2. The maximum atomic E-state index is 12.6. The minimum atomic E-state index is -3.05. The number of benzene rings is 1. The molecule has 0 aliphatic rings. The van der Waals surface area contributed by atoms with Gasteiger partial charge in [-0.05, 0) is 18.6 Å². The Hall–Kier alpha value is -1.30. The van der Waals surface area contributed by atoms with E-state index in [-0.39, 0.29) is 24.1 Å². The lowest BCUT2D eigenvalue weighted by molar-refractivity contribution is -0.129. The van der Waals surface area contributed by atoms with Crippen molar-refractivity contribution in [1.29, 1.82) is 0 Å². The highest BCUT2D eigenvalue weighted by Gasteiger charge is 2.24. The van der Waals surface area contributed by atoms with Gasteiger partial charge in [0.25, 0.3) is 5.91 Å². The molecule has 19 heavy (non-hydrogen) atoms. The van der Waals surface area contributed by atoms with Gasteiger partial charge in [0.05, 0.1) is 5.33 Å². The molecule has 0 radical (unpaired) electrons. The summed E-state index contributed by atoms with van der Waals surface area (Å²) in [6, 6.07) is 8.26. The van der Waals surface area contributed by atoms with Gasteiger partial charge in [-0.3, -0.25) is 9.59 Å². The van der Waals surface area contributed by atoms with Crippen LogP contribution in [0.5, 0.6) is 0 Å². The fourth-order valence-corrected chi connectivity index (χ4v) is 1.87. The molecular weight excluding hydrogens is 320 g/mol. The molecule has 3 nitrogen and oxygen atoms in total. The van der Waals surface area contributed by atoms with Gasteiger partial charge in [-0.15, -0.1) is 0 Å². The molecule has 0 heterocycles. The van der Waals surface area contributed by atoms with Crippen LogP contribution in [-0.4, -0.2) is 30.0 Å².